The molecule has 0 radical (unpaired) electrons. The predicted octanol–water partition coefficient (Wildman–Crippen LogP) is 5.24. The van der Waals surface area contributed by atoms with Gasteiger partial charge >= 0.3 is 0 Å². The second-order valence-electron chi connectivity index (χ2n) is 9.40. The quantitative estimate of drug-likeness (QED) is 0.423. The van der Waals surface area contributed by atoms with Crippen molar-refractivity contribution in [2.75, 3.05) is 11.9 Å². The zero-order valence-corrected chi connectivity index (χ0v) is 19.0. The first-order valence-electron chi connectivity index (χ1n) is 11.9. The Morgan fingerprint density at radius 2 is 1.97 bits per heavy atom. The number of allylic oxidation sites excluding steroid dienone is 1. The third-order valence-corrected chi connectivity index (χ3v) is 7.27. The van der Waals surface area contributed by atoms with Crippen LogP contribution >= 0.6 is 0 Å². The van der Waals surface area contributed by atoms with Gasteiger partial charge in [0.15, 0.2) is 0 Å². The molecule has 4 aromatic rings. The number of anilines is 2. The third kappa shape index (κ3) is 3.56. The summed E-state index contributed by atoms with van der Waals surface area (Å²) in [6.45, 7) is 8.03. The molecule has 1 saturated carbocycles. The minimum atomic E-state index is 0.389. The van der Waals surface area contributed by atoms with E-state index in [4.69, 9.17) is 9.97 Å². The van der Waals surface area contributed by atoms with E-state index in [9.17, 15) is 0 Å². The van der Waals surface area contributed by atoms with Gasteiger partial charge < -0.3 is 15.2 Å². The highest BCUT2D eigenvalue weighted by Gasteiger charge is 2.25. The number of fused-ring (bicyclic) bond motifs is 4. The number of rotatable bonds is 4. The van der Waals surface area contributed by atoms with E-state index in [1.54, 1.807) is 0 Å². The van der Waals surface area contributed by atoms with Crippen LogP contribution in [0.3, 0.4) is 0 Å². The molecular weight excluding hydrogens is 410 g/mol. The minimum Gasteiger partial charge on any atom is -0.321 e. The average molecular weight is 440 g/mol. The van der Waals surface area contributed by atoms with Crippen molar-refractivity contribution in [1.82, 2.24) is 29.8 Å². The zero-order chi connectivity index (χ0) is 22.4. The van der Waals surface area contributed by atoms with E-state index >= 15 is 0 Å². The summed E-state index contributed by atoms with van der Waals surface area (Å²) in [6, 6.07) is 6.64. The summed E-state index contributed by atoms with van der Waals surface area (Å²) in [5.74, 6) is 2.37. The molecule has 2 aliphatic rings. The van der Waals surface area contributed by atoms with Gasteiger partial charge in [-0.1, -0.05) is 19.1 Å². The smallest absolute Gasteiger partial charge is 0.230 e. The summed E-state index contributed by atoms with van der Waals surface area (Å²) in [5.41, 5.74) is 4.51. The van der Waals surface area contributed by atoms with Crippen LogP contribution in [0, 0.1) is 5.92 Å². The molecule has 33 heavy (non-hydrogen) atoms. The first kappa shape index (κ1) is 20.3. The Bertz CT molecular complexity index is 1330. The number of aromatic nitrogens is 5. The van der Waals surface area contributed by atoms with Crippen LogP contribution in [-0.2, 0) is 6.54 Å². The fraction of sp³-hybridized carbons (Fsp3) is 0.385. The van der Waals surface area contributed by atoms with Gasteiger partial charge in [0.1, 0.15) is 11.5 Å². The molecule has 5 heterocycles. The minimum absolute atomic E-state index is 0.389. The number of pyridine rings is 2. The molecule has 7 nitrogen and oxygen atoms in total. The molecule has 1 aliphatic carbocycles. The first-order chi connectivity index (χ1) is 16.2. The molecular formula is C26H29N7. The summed E-state index contributed by atoms with van der Waals surface area (Å²) in [7, 11) is 0. The lowest BCUT2D eigenvalue weighted by Gasteiger charge is -2.28. The predicted molar refractivity (Wildman–Crippen MR) is 132 cm³/mol. The SMILES string of the molecule is C=CC1CCC(n2c3cnccc3c3cnc(Nc4ccc5c(n4)[C@H](C)CNC5)nc32)CC1. The first-order valence-corrected chi connectivity index (χ1v) is 11.9. The molecule has 0 aromatic carbocycles. The monoisotopic (exact) mass is 439 g/mol. The van der Waals surface area contributed by atoms with Crippen LogP contribution in [0.5, 0.6) is 0 Å². The van der Waals surface area contributed by atoms with Crippen molar-refractivity contribution in [3.63, 3.8) is 0 Å². The van der Waals surface area contributed by atoms with E-state index in [1.807, 2.05) is 24.7 Å². The Kier molecular flexibility index (Phi) is 5.06. The Balaban J connectivity index is 1.40. The molecule has 6 rings (SSSR count). The van der Waals surface area contributed by atoms with Gasteiger partial charge in [-0.05, 0) is 49.3 Å². The maximum absolute atomic E-state index is 4.99. The van der Waals surface area contributed by atoms with Crippen molar-refractivity contribution in [1.29, 1.82) is 0 Å². The summed E-state index contributed by atoms with van der Waals surface area (Å²) in [4.78, 5) is 18.9. The van der Waals surface area contributed by atoms with Crippen molar-refractivity contribution in [3.8, 4) is 0 Å². The molecule has 2 N–H and O–H groups in total. The van der Waals surface area contributed by atoms with Gasteiger partial charge in [-0.2, -0.15) is 4.98 Å². The number of hydrogen-bond acceptors (Lipinski definition) is 6. The fourth-order valence-corrected chi connectivity index (χ4v) is 5.48. The summed E-state index contributed by atoms with van der Waals surface area (Å²) in [6.07, 6.45) is 12.4. The molecule has 1 fully saturated rings. The Morgan fingerprint density at radius 1 is 1.09 bits per heavy atom. The van der Waals surface area contributed by atoms with E-state index in [1.165, 1.54) is 5.56 Å². The van der Waals surface area contributed by atoms with E-state index in [2.05, 4.69) is 56.9 Å². The molecule has 7 heteroatoms. The van der Waals surface area contributed by atoms with E-state index in [0.29, 0.717) is 23.8 Å². The van der Waals surface area contributed by atoms with Gasteiger partial charge in [-0.25, -0.2) is 9.97 Å². The molecule has 168 valence electrons. The number of nitrogens with one attached hydrogen (secondary N) is 2. The lowest BCUT2D eigenvalue weighted by molar-refractivity contribution is 0.318. The van der Waals surface area contributed by atoms with Gasteiger partial charge in [0.05, 0.1) is 17.4 Å². The van der Waals surface area contributed by atoms with E-state index < -0.39 is 0 Å². The number of hydrogen-bond donors (Lipinski definition) is 2. The molecule has 0 bridgehead atoms. The van der Waals surface area contributed by atoms with Crippen LogP contribution in [-0.4, -0.2) is 31.0 Å². The molecule has 4 aromatic heterocycles. The van der Waals surface area contributed by atoms with Gasteiger partial charge in [0.25, 0.3) is 0 Å². The topological polar surface area (TPSA) is 80.5 Å². The molecule has 0 saturated heterocycles. The largest absolute Gasteiger partial charge is 0.321 e. The van der Waals surface area contributed by atoms with Gasteiger partial charge in [0.2, 0.25) is 5.95 Å². The lowest BCUT2D eigenvalue weighted by Crippen LogP contribution is -2.27. The van der Waals surface area contributed by atoms with Crippen molar-refractivity contribution in [2.45, 2.75) is 51.1 Å². The van der Waals surface area contributed by atoms with Crippen LogP contribution in [0.1, 0.15) is 55.8 Å². The van der Waals surface area contributed by atoms with Gasteiger partial charge in [-0.15, -0.1) is 6.58 Å². The summed E-state index contributed by atoms with van der Waals surface area (Å²) >= 11 is 0. The van der Waals surface area contributed by atoms with E-state index in [-0.39, 0.29) is 0 Å². The summed E-state index contributed by atoms with van der Waals surface area (Å²) < 4.78 is 2.39. The molecule has 1 aliphatic heterocycles. The lowest BCUT2D eigenvalue weighted by atomic mass is 9.86. The van der Waals surface area contributed by atoms with Crippen molar-refractivity contribution in [3.05, 3.63) is 60.7 Å². The van der Waals surface area contributed by atoms with Crippen molar-refractivity contribution >= 4 is 33.7 Å². The molecule has 0 spiro atoms. The normalized spacial score (nSPS) is 22.9. The highest BCUT2D eigenvalue weighted by molar-refractivity contribution is 6.06. The van der Waals surface area contributed by atoms with Crippen LogP contribution in [0.25, 0.3) is 21.9 Å². The Morgan fingerprint density at radius 3 is 2.82 bits per heavy atom. The highest BCUT2D eigenvalue weighted by Crippen LogP contribution is 2.38. The third-order valence-electron chi connectivity index (χ3n) is 7.27. The van der Waals surface area contributed by atoms with Crippen LogP contribution in [0.4, 0.5) is 11.8 Å². The standard InChI is InChI=1S/C26H29N7/c1-3-17-4-7-19(8-5-17)33-22-15-27-11-10-20(22)21-14-29-26(32-25(21)33)31-23-9-6-18-13-28-12-16(2)24(18)30-23/h3,6,9-11,14-17,19,28H,1,4-5,7-8,12-13H2,2H3,(H,29,30,31,32)/t16-,17?,19?/m1/s1. The second-order valence-corrected chi connectivity index (χ2v) is 9.40. The molecule has 0 unspecified atom stereocenters. The van der Waals surface area contributed by atoms with Crippen LogP contribution in [0.2, 0.25) is 0 Å². The van der Waals surface area contributed by atoms with E-state index in [0.717, 1.165) is 72.2 Å². The second kappa shape index (κ2) is 8.23. The maximum atomic E-state index is 4.99. The maximum Gasteiger partial charge on any atom is 0.230 e. The fourth-order valence-electron chi connectivity index (χ4n) is 5.48. The zero-order valence-electron chi connectivity index (χ0n) is 19.0. The van der Waals surface area contributed by atoms with Gasteiger partial charge in [-0.3, -0.25) is 4.98 Å². The number of nitrogens with zero attached hydrogens (tertiary/aromatic N) is 5. The van der Waals surface area contributed by atoms with Crippen molar-refractivity contribution in [2.24, 2.45) is 5.92 Å². The van der Waals surface area contributed by atoms with Crippen molar-refractivity contribution < 1.29 is 0 Å². The highest BCUT2D eigenvalue weighted by atomic mass is 15.2. The Hall–Kier alpha value is -3.32. The van der Waals surface area contributed by atoms with Gasteiger partial charge in [0, 0.05) is 48.2 Å². The molecule has 1 atom stereocenters. The summed E-state index contributed by atoms with van der Waals surface area (Å²) in [5, 5.41) is 9.03. The van der Waals surface area contributed by atoms with Crippen LogP contribution < -0.4 is 10.6 Å². The average Bonchev–Trinajstić information content (AvgIpc) is 3.18. The molecule has 0 amide bonds. The Labute approximate surface area is 193 Å². The van der Waals surface area contributed by atoms with Crippen LogP contribution in [0.15, 0.2) is 49.4 Å².